The first-order valence-corrected chi connectivity index (χ1v) is 7.26. The van der Waals surface area contributed by atoms with Gasteiger partial charge in [0.2, 0.25) is 0 Å². The number of pyridine rings is 1. The molecule has 1 N–H and O–H groups in total. The Morgan fingerprint density at radius 2 is 1.83 bits per heavy atom. The minimum absolute atomic E-state index is 0.715. The fourth-order valence-corrected chi connectivity index (χ4v) is 3.44. The van der Waals surface area contributed by atoms with Crippen LogP contribution in [0.5, 0.6) is 0 Å². The van der Waals surface area contributed by atoms with Gasteiger partial charge in [-0.1, -0.05) is 6.07 Å². The highest BCUT2D eigenvalue weighted by Gasteiger charge is 2.07. The van der Waals surface area contributed by atoms with Gasteiger partial charge in [0, 0.05) is 15.1 Å². The minimum Gasteiger partial charge on any atom is -0.378 e. The average molecular weight is 370 g/mol. The number of anilines is 1. The number of hydrogen-bond acceptors (Lipinski definition) is 2. The van der Waals surface area contributed by atoms with Crippen LogP contribution in [0.2, 0.25) is 0 Å². The number of halogens is 2. The number of benzene rings is 1. The highest BCUT2D eigenvalue weighted by molar-refractivity contribution is 9.11. The Bertz CT molecular complexity index is 544. The van der Waals surface area contributed by atoms with Crippen molar-refractivity contribution in [2.45, 2.75) is 20.4 Å². The Hall–Kier alpha value is -0.870. The van der Waals surface area contributed by atoms with E-state index in [-0.39, 0.29) is 0 Å². The molecule has 94 valence electrons. The van der Waals surface area contributed by atoms with Crippen molar-refractivity contribution in [3.05, 3.63) is 56.2 Å². The van der Waals surface area contributed by atoms with Gasteiger partial charge in [-0.25, -0.2) is 0 Å². The SMILES string of the molecule is Cc1cc(Br)c(NCc2ncccc2C)c(Br)c1. The maximum Gasteiger partial charge on any atom is 0.0632 e. The van der Waals surface area contributed by atoms with Crippen LogP contribution in [0.15, 0.2) is 39.4 Å². The Labute approximate surface area is 124 Å². The van der Waals surface area contributed by atoms with E-state index < -0.39 is 0 Å². The summed E-state index contributed by atoms with van der Waals surface area (Å²) in [5.74, 6) is 0. The monoisotopic (exact) mass is 368 g/mol. The van der Waals surface area contributed by atoms with Crippen LogP contribution in [-0.2, 0) is 6.54 Å². The van der Waals surface area contributed by atoms with Crippen LogP contribution in [0.1, 0.15) is 16.8 Å². The molecule has 0 radical (unpaired) electrons. The lowest BCUT2D eigenvalue weighted by Gasteiger charge is -2.12. The third kappa shape index (κ3) is 3.12. The summed E-state index contributed by atoms with van der Waals surface area (Å²) in [4.78, 5) is 4.38. The predicted molar refractivity (Wildman–Crippen MR) is 82.9 cm³/mol. The highest BCUT2D eigenvalue weighted by Crippen LogP contribution is 2.32. The van der Waals surface area contributed by atoms with Crippen molar-refractivity contribution >= 4 is 37.5 Å². The van der Waals surface area contributed by atoms with Crippen LogP contribution >= 0.6 is 31.9 Å². The van der Waals surface area contributed by atoms with Gasteiger partial charge < -0.3 is 5.32 Å². The van der Waals surface area contributed by atoms with Gasteiger partial charge in [0.15, 0.2) is 0 Å². The largest absolute Gasteiger partial charge is 0.378 e. The first-order chi connectivity index (χ1) is 8.58. The molecule has 0 bridgehead atoms. The smallest absolute Gasteiger partial charge is 0.0632 e. The van der Waals surface area contributed by atoms with Gasteiger partial charge in [-0.15, -0.1) is 0 Å². The summed E-state index contributed by atoms with van der Waals surface area (Å²) in [6, 6.07) is 8.22. The first-order valence-electron chi connectivity index (χ1n) is 5.68. The Morgan fingerprint density at radius 1 is 1.17 bits per heavy atom. The molecule has 0 saturated heterocycles. The van der Waals surface area contributed by atoms with E-state index in [1.54, 1.807) is 0 Å². The van der Waals surface area contributed by atoms with Gasteiger partial charge in [-0.05, 0) is 75.0 Å². The van der Waals surface area contributed by atoms with E-state index in [0.29, 0.717) is 6.54 Å². The number of nitrogens with zero attached hydrogens (tertiary/aromatic N) is 1. The Morgan fingerprint density at radius 3 is 2.44 bits per heavy atom. The topological polar surface area (TPSA) is 24.9 Å². The summed E-state index contributed by atoms with van der Waals surface area (Å²) in [6.07, 6.45) is 1.82. The molecule has 0 aliphatic rings. The van der Waals surface area contributed by atoms with Crippen LogP contribution in [0.25, 0.3) is 0 Å². The third-order valence-electron chi connectivity index (χ3n) is 2.74. The van der Waals surface area contributed by atoms with Crippen LogP contribution in [0.4, 0.5) is 5.69 Å². The Balaban J connectivity index is 2.19. The van der Waals surface area contributed by atoms with Crippen molar-refractivity contribution in [3.8, 4) is 0 Å². The Kier molecular flexibility index (Phi) is 4.40. The standard InChI is InChI=1S/C14H14Br2N2/c1-9-6-11(15)14(12(16)7-9)18-8-13-10(2)4-3-5-17-13/h3-7,18H,8H2,1-2H3. The fourth-order valence-electron chi connectivity index (χ4n) is 1.74. The maximum atomic E-state index is 4.38. The number of hydrogen-bond donors (Lipinski definition) is 1. The molecular weight excluding hydrogens is 356 g/mol. The molecule has 0 saturated carbocycles. The second kappa shape index (κ2) is 5.85. The van der Waals surface area contributed by atoms with Gasteiger partial charge in [0.1, 0.15) is 0 Å². The fraction of sp³-hybridized carbons (Fsp3) is 0.214. The summed E-state index contributed by atoms with van der Waals surface area (Å²) in [5, 5.41) is 3.41. The minimum atomic E-state index is 0.715. The van der Waals surface area contributed by atoms with E-state index in [9.17, 15) is 0 Å². The van der Waals surface area contributed by atoms with Gasteiger partial charge in [-0.2, -0.15) is 0 Å². The summed E-state index contributed by atoms with van der Waals surface area (Å²) >= 11 is 7.15. The van der Waals surface area contributed by atoms with Crippen LogP contribution in [0, 0.1) is 13.8 Å². The number of aryl methyl sites for hydroxylation is 2. The number of rotatable bonds is 3. The molecule has 0 spiro atoms. The van der Waals surface area contributed by atoms with Crippen molar-refractivity contribution in [3.63, 3.8) is 0 Å². The van der Waals surface area contributed by atoms with Crippen LogP contribution < -0.4 is 5.32 Å². The van der Waals surface area contributed by atoms with E-state index in [1.807, 2.05) is 12.3 Å². The highest BCUT2D eigenvalue weighted by atomic mass is 79.9. The third-order valence-corrected chi connectivity index (χ3v) is 3.99. The van der Waals surface area contributed by atoms with E-state index >= 15 is 0 Å². The van der Waals surface area contributed by atoms with Crippen LogP contribution in [-0.4, -0.2) is 4.98 Å². The molecular formula is C14H14Br2N2. The van der Waals surface area contributed by atoms with E-state index in [4.69, 9.17) is 0 Å². The molecule has 2 nitrogen and oxygen atoms in total. The molecule has 2 aromatic rings. The lowest BCUT2D eigenvalue weighted by Crippen LogP contribution is -2.04. The molecule has 1 heterocycles. The molecule has 0 atom stereocenters. The molecule has 1 aromatic heterocycles. The second-order valence-corrected chi connectivity index (χ2v) is 5.93. The van der Waals surface area contributed by atoms with Crippen molar-refractivity contribution < 1.29 is 0 Å². The summed E-state index contributed by atoms with van der Waals surface area (Å²) in [6.45, 7) is 4.86. The zero-order chi connectivity index (χ0) is 13.1. The molecule has 1 aromatic carbocycles. The van der Waals surface area contributed by atoms with E-state index in [2.05, 4.69) is 74.2 Å². The molecule has 0 fully saturated rings. The van der Waals surface area contributed by atoms with Crippen molar-refractivity contribution in [2.24, 2.45) is 0 Å². The second-order valence-electron chi connectivity index (χ2n) is 4.22. The zero-order valence-electron chi connectivity index (χ0n) is 10.3. The molecule has 18 heavy (non-hydrogen) atoms. The molecule has 4 heteroatoms. The normalized spacial score (nSPS) is 10.4. The zero-order valence-corrected chi connectivity index (χ0v) is 13.5. The van der Waals surface area contributed by atoms with Gasteiger partial charge in [0.05, 0.1) is 17.9 Å². The molecule has 0 aliphatic carbocycles. The predicted octanol–water partition coefficient (Wildman–Crippen LogP) is 4.84. The lowest BCUT2D eigenvalue weighted by atomic mass is 10.2. The molecule has 2 rings (SSSR count). The number of nitrogens with one attached hydrogen (secondary N) is 1. The molecule has 0 unspecified atom stereocenters. The lowest BCUT2D eigenvalue weighted by molar-refractivity contribution is 1.01. The van der Waals surface area contributed by atoms with Gasteiger partial charge in [0.25, 0.3) is 0 Å². The van der Waals surface area contributed by atoms with E-state index in [1.165, 1.54) is 11.1 Å². The van der Waals surface area contributed by atoms with Crippen molar-refractivity contribution in [1.82, 2.24) is 4.98 Å². The van der Waals surface area contributed by atoms with Gasteiger partial charge in [-0.3, -0.25) is 4.98 Å². The van der Waals surface area contributed by atoms with Gasteiger partial charge >= 0.3 is 0 Å². The van der Waals surface area contributed by atoms with Crippen molar-refractivity contribution in [2.75, 3.05) is 5.32 Å². The van der Waals surface area contributed by atoms with Crippen molar-refractivity contribution in [1.29, 1.82) is 0 Å². The molecule has 0 amide bonds. The van der Waals surface area contributed by atoms with E-state index in [0.717, 1.165) is 20.3 Å². The summed E-state index contributed by atoms with van der Waals surface area (Å²) < 4.78 is 2.12. The quantitative estimate of drug-likeness (QED) is 0.837. The summed E-state index contributed by atoms with van der Waals surface area (Å²) in [5.41, 5.74) is 4.54. The summed E-state index contributed by atoms with van der Waals surface area (Å²) in [7, 11) is 0. The maximum absolute atomic E-state index is 4.38. The number of aromatic nitrogens is 1. The van der Waals surface area contributed by atoms with Crippen LogP contribution in [0.3, 0.4) is 0 Å². The average Bonchev–Trinajstić information content (AvgIpc) is 2.30. The molecule has 0 aliphatic heterocycles. The first kappa shape index (κ1) is 13.6.